The first-order chi connectivity index (χ1) is 11.5. The zero-order valence-corrected chi connectivity index (χ0v) is 15.0. The van der Waals surface area contributed by atoms with Gasteiger partial charge in [-0.2, -0.15) is 13.2 Å². The number of carbonyl (C=O) groups excluding carboxylic acids is 1. The number of anilines is 1. The highest BCUT2D eigenvalue weighted by atomic mass is 35.5. The van der Waals surface area contributed by atoms with Crippen LogP contribution in [0.2, 0.25) is 5.02 Å². The lowest BCUT2D eigenvalue weighted by Gasteiger charge is -2.26. The average molecular weight is 399 g/mol. The van der Waals surface area contributed by atoms with Crippen molar-refractivity contribution in [1.82, 2.24) is 5.32 Å². The van der Waals surface area contributed by atoms with Crippen LogP contribution in [0, 0.1) is 0 Å². The van der Waals surface area contributed by atoms with Crippen molar-refractivity contribution in [3.8, 4) is 0 Å². The van der Waals surface area contributed by atoms with E-state index in [2.05, 4.69) is 5.32 Å². The van der Waals surface area contributed by atoms with E-state index >= 15 is 0 Å². The average Bonchev–Trinajstić information content (AvgIpc) is 2.96. The third-order valence-electron chi connectivity index (χ3n) is 3.94. The minimum atomic E-state index is -4.81. The number of benzene rings is 1. The molecule has 0 aliphatic heterocycles. The van der Waals surface area contributed by atoms with Crippen LogP contribution in [0.1, 0.15) is 31.2 Å². The van der Waals surface area contributed by atoms with E-state index in [1.165, 1.54) is 0 Å². The number of rotatable bonds is 5. The van der Waals surface area contributed by atoms with E-state index in [9.17, 15) is 26.4 Å². The number of amides is 1. The zero-order valence-electron chi connectivity index (χ0n) is 13.4. The number of hydrogen-bond acceptors (Lipinski definition) is 3. The molecule has 140 valence electrons. The molecule has 1 amide bonds. The first-order valence-electron chi connectivity index (χ1n) is 7.62. The van der Waals surface area contributed by atoms with Gasteiger partial charge in [0.1, 0.15) is 6.54 Å². The molecule has 1 fully saturated rings. The Hall–Kier alpha value is -1.48. The number of halogens is 4. The molecular formula is C15H18ClF3N2O3S. The summed E-state index contributed by atoms with van der Waals surface area (Å²) in [5.74, 6) is -0.639. The normalized spacial score (nSPS) is 16.0. The van der Waals surface area contributed by atoms with Crippen LogP contribution >= 0.6 is 11.6 Å². The summed E-state index contributed by atoms with van der Waals surface area (Å²) in [5, 5.41) is 2.49. The van der Waals surface area contributed by atoms with Crippen molar-refractivity contribution in [2.75, 3.05) is 17.1 Å². The predicted octanol–water partition coefficient (Wildman–Crippen LogP) is 3.18. The van der Waals surface area contributed by atoms with Crippen molar-refractivity contribution in [3.63, 3.8) is 0 Å². The van der Waals surface area contributed by atoms with Gasteiger partial charge in [0.25, 0.3) is 0 Å². The number of alkyl halides is 3. The van der Waals surface area contributed by atoms with Gasteiger partial charge in [0, 0.05) is 11.1 Å². The Bertz CT molecular complexity index is 747. The maximum absolute atomic E-state index is 13.3. The standard InChI is InChI=1S/C15H18ClF3N2O3S/c1-25(23,24)21(9-14(22)20-11-4-2-3-5-11)13-7-6-10(16)8-12(13)15(17,18)19/h6-8,11H,2-5,9H2,1H3,(H,20,22). The fourth-order valence-corrected chi connectivity index (χ4v) is 3.85. The van der Waals surface area contributed by atoms with E-state index < -0.39 is 39.9 Å². The molecule has 0 radical (unpaired) electrons. The molecule has 10 heteroatoms. The van der Waals surface area contributed by atoms with Crippen molar-refractivity contribution >= 4 is 33.2 Å². The molecule has 0 spiro atoms. The maximum atomic E-state index is 13.3. The van der Waals surface area contributed by atoms with E-state index in [0.29, 0.717) is 10.4 Å². The SMILES string of the molecule is CS(=O)(=O)N(CC(=O)NC1CCCC1)c1ccc(Cl)cc1C(F)(F)F. The number of sulfonamides is 1. The smallest absolute Gasteiger partial charge is 0.352 e. The van der Waals surface area contributed by atoms with Crippen LogP contribution in [-0.2, 0) is 21.0 Å². The molecule has 1 aliphatic carbocycles. The Labute approximate surface area is 149 Å². The number of carbonyl (C=O) groups is 1. The van der Waals surface area contributed by atoms with Gasteiger partial charge >= 0.3 is 6.18 Å². The zero-order chi connectivity index (χ0) is 18.8. The highest BCUT2D eigenvalue weighted by molar-refractivity contribution is 7.92. The topological polar surface area (TPSA) is 66.5 Å². The summed E-state index contributed by atoms with van der Waals surface area (Å²) < 4.78 is 64.3. The van der Waals surface area contributed by atoms with E-state index in [0.717, 1.165) is 44.1 Å². The van der Waals surface area contributed by atoms with Gasteiger partial charge in [0.05, 0.1) is 17.5 Å². The minimum absolute atomic E-state index is 0.0683. The first-order valence-corrected chi connectivity index (χ1v) is 9.85. The molecule has 0 bridgehead atoms. The van der Waals surface area contributed by atoms with Gasteiger partial charge in [-0.05, 0) is 31.0 Å². The van der Waals surface area contributed by atoms with Gasteiger partial charge in [0.2, 0.25) is 15.9 Å². The summed E-state index contributed by atoms with van der Waals surface area (Å²) in [5.41, 5.74) is -1.83. The first kappa shape index (κ1) is 19.8. The number of hydrogen-bond donors (Lipinski definition) is 1. The van der Waals surface area contributed by atoms with E-state index in [1.54, 1.807) is 0 Å². The van der Waals surface area contributed by atoms with Crippen LogP contribution in [0.3, 0.4) is 0 Å². The van der Waals surface area contributed by atoms with Gasteiger partial charge in [-0.1, -0.05) is 24.4 Å². The Kier molecular flexibility index (Phi) is 5.88. The molecule has 0 atom stereocenters. The highest BCUT2D eigenvalue weighted by Gasteiger charge is 2.37. The van der Waals surface area contributed by atoms with Gasteiger partial charge in [-0.25, -0.2) is 8.42 Å². The lowest BCUT2D eigenvalue weighted by molar-refractivity contribution is -0.137. The molecule has 0 heterocycles. The minimum Gasteiger partial charge on any atom is -0.352 e. The van der Waals surface area contributed by atoms with Gasteiger partial charge in [-0.15, -0.1) is 0 Å². The summed E-state index contributed by atoms with van der Waals surface area (Å²) in [6, 6.07) is 2.68. The molecule has 0 unspecified atom stereocenters. The van der Waals surface area contributed by atoms with Gasteiger partial charge in [-0.3, -0.25) is 9.10 Å². The van der Waals surface area contributed by atoms with Crippen LogP contribution in [0.5, 0.6) is 0 Å². The molecule has 1 aromatic rings. The predicted molar refractivity (Wildman–Crippen MR) is 89.0 cm³/mol. The van der Waals surface area contributed by atoms with Crippen LogP contribution in [0.4, 0.5) is 18.9 Å². The van der Waals surface area contributed by atoms with Crippen molar-refractivity contribution in [3.05, 3.63) is 28.8 Å². The lowest BCUT2D eigenvalue weighted by Crippen LogP contribution is -2.43. The second kappa shape index (κ2) is 7.41. The molecule has 1 aliphatic rings. The molecule has 5 nitrogen and oxygen atoms in total. The van der Waals surface area contributed by atoms with Crippen LogP contribution in [-0.4, -0.2) is 33.2 Å². The third kappa shape index (κ3) is 5.24. The second-order valence-corrected chi connectivity index (χ2v) is 8.32. The van der Waals surface area contributed by atoms with Crippen molar-refractivity contribution in [1.29, 1.82) is 0 Å². The van der Waals surface area contributed by atoms with E-state index in [1.807, 2.05) is 0 Å². The molecule has 0 aromatic heterocycles. The quantitative estimate of drug-likeness (QED) is 0.828. The third-order valence-corrected chi connectivity index (χ3v) is 5.30. The molecule has 25 heavy (non-hydrogen) atoms. The van der Waals surface area contributed by atoms with Crippen LogP contribution < -0.4 is 9.62 Å². The number of nitrogens with one attached hydrogen (secondary N) is 1. The largest absolute Gasteiger partial charge is 0.418 e. The molecule has 1 saturated carbocycles. The summed E-state index contributed by atoms with van der Waals surface area (Å²) in [6.07, 6.45) is -0.597. The number of nitrogens with zero attached hydrogens (tertiary/aromatic N) is 1. The van der Waals surface area contributed by atoms with Crippen LogP contribution in [0.25, 0.3) is 0 Å². The molecule has 1 aromatic carbocycles. The molecule has 0 saturated heterocycles. The Morgan fingerprint density at radius 2 is 1.92 bits per heavy atom. The lowest BCUT2D eigenvalue weighted by atomic mass is 10.1. The van der Waals surface area contributed by atoms with Crippen LogP contribution in [0.15, 0.2) is 18.2 Å². The van der Waals surface area contributed by atoms with E-state index in [-0.39, 0.29) is 11.1 Å². The Morgan fingerprint density at radius 1 is 1.32 bits per heavy atom. The summed E-state index contributed by atoms with van der Waals surface area (Å²) in [7, 11) is -4.11. The van der Waals surface area contributed by atoms with Crippen molar-refractivity contribution < 1.29 is 26.4 Å². The van der Waals surface area contributed by atoms with Gasteiger partial charge < -0.3 is 5.32 Å². The summed E-state index contributed by atoms with van der Waals surface area (Å²) in [6.45, 7) is -0.722. The second-order valence-electron chi connectivity index (χ2n) is 5.98. The monoisotopic (exact) mass is 398 g/mol. The summed E-state index contributed by atoms with van der Waals surface area (Å²) >= 11 is 5.61. The fourth-order valence-electron chi connectivity index (χ4n) is 2.81. The Balaban J connectivity index is 2.34. The van der Waals surface area contributed by atoms with Crippen molar-refractivity contribution in [2.24, 2.45) is 0 Å². The van der Waals surface area contributed by atoms with E-state index in [4.69, 9.17) is 11.6 Å². The highest BCUT2D eigenvalue weighted by Crippen LogP contribution is 2.38. The molecule has 1 N–H and O–H groups in total. The molecule has 2 rings (SSSR count). The van der Waals surface area contributed by atoms with Crippen molar-refractivity contribution in [2.45, 2.75) is 37.9 Å². The maximum Gasteiger partial charge on any atom is 0.418 e. The summed E-state index contributed by atoms with van der Waals surface area (Å²) in [4.78, 5) is 12.1. The fraction of sp³-hybridized carbons (Fsp3) is 0.533. The Morgan fingerprint density at radius 3 is 2.44 bits per heavy atom. The van der Waals surface area contributed by atoms with Gasteiger partial charge in [0.15, 0.2) is 0 Å². The molecular weight excluding hydrogens is 381 g/mol.